The Balaban J connectivity index is 1.60. The van der Waals surface area contributed by atoms with Crippen molar-refractivity contribution in [2.45, 2.75) is 18.2 Å². The first kappa shape index (κ1) is 26.1. The van der Waals surface area contributed by atoms with Crippen LogP contribution < -0.4 is 9.03 Å². The van der Waals surface area contributed by atoms with Crippen LogP contribution >= 0.6 is 23.2 Å². The highest BCUT2D eigenvalue weighted by Crippen LogP contribution is 2.35. The number of halogens is 2. The second kappa shape index (κ2) is 10.2. The molecule has 2 heterocycles. The lowest BCUT2D eigenvalue weighted by Gasteiger charge is -2.36. The molecule has 3 aromatic rings. The number of piperazine rings is 1. The zero-order valence-corrected chi connectivity index (χ0v) is 22.5. The molecule has 1 aliphatic heterocycles. The van der Waals surface area contributed by atoms with Crippen molar-refractivity contribution in [2.24, 2.45) is 0 Å². The molecule has 2 N–H and O–H groups in total. The average Bonchev–Trinajstić information content (AvgIpc) is 3.22. The Bertz CT molecular complexity index is 1420. The van der Waals surface area contributed by atoms with Gasteiger partial charge in [-0.05, 0) is 49.9 Å². The van der Waals surface area contributed by atoms with Crippen molar-refractivity contribution in [1.29, 1.82) is 0 Å². The molecule has 0 aliphatic carbocycles. The van der Waals surface area contributed by atoms with Gasteiger partial charge in [-0.1, -0.05) is 30.1 Å². The first-order valence-electron chi connectivity index (χ1n) is 11.1. The summed E-state index contributed by atoms with van der Waals surface area (Å²) in [5, 5.41) is 1.30. The van der Waals surface area contributed by atoms with Crippen molar-refractivity contribution in [2.75, 3.05) is 48.8 Å². The number of nitrogens with one attached hydrogen (secondary N) is 2. The number of likely N-dealkylation sites (N-methyl/N-ethyl adjacent to an activating group) is 1. The first-order chi connectivity index (χ1) is 16.5. The zero-order chi connectivity index (χ0) is 25.4. The number of aromatic nitrogens is 1. The van der Waals surface area contributed by atoms with E-state index in [1.165, 1.54) is 39.1 Å². The SMILES string of the molecule is CCCN(c1ccc(S(=O)(=O)Nc2ccc(Cl)c3c(Cl)c[nH]c23)cc1)S(=O)(=O)N1CCN(C)CC1. The van der Waals surface area contributed by atoms with Crippen LogP contribution in [0.25, 0.3) is 10.9 Å². The summed E-state index contributed by atoms with van der Waals surface area (Å²) < 4.78 is 58.2. The van der Waals surface area contributed by atoms with E-state index >= 15 is 0 Å². The predicted molar refractivity (Wildman–Crippen MR) is 141 cm³/mol. The van der Waals surface area contributed by atoms with Crippen LogP contribution in [0.4, 0.5) is 11.4 Å². The maximum Gasteiger partial charge on any atom is 0.304 e. The highest BCUT2D eigenvalue weighted by Gasteiger charge is 2.32. The normalized spacial score (nSPS) is 16.0. The van der Waals surface area contributed by atoms with Gasteiger partial charge in [0.25, 0.3) is 10.0 Å². The number of benzene rings is 2. The van der Waals surface area contributed by atoms with Gasteiger partial charge in [-0.25, -0.2) is 8.42 Å². The van der Waals surface area contributed by atoms with Gasteiger partial charge in [0.1, 0.15) is 0 Å². The molecular formula is C22H27Cl2N5O4S2. The fourth-order valence-electron chi connectivity index (χ4n) is 3.99. The summed E-state index contributed by atoms with van der Waals surface area (Å²) in [4.78, 5) is 5.01. The standard InChI is InChI=1S/C22H27Cl2N5O4S2/c1-3-10-29(35(32,33)28-13-11-27(2)12-14-28)16-4-6-17(7-5-16)34(30,31)26-20-9-8-18(23)21-19(24)15-25-22(20)21/h4-9,15,25-26H,3,10-14H2,1-2H3. The second-order valence-electron chi connectivity index (χ2n) is 8.36. The van der Waals surface area contributed by atoms with Gasteiger partial charge in [-0.2, -0.15) is 12.7 Å². The summed E-state index contributed by atoms with van der Waals surface area (Å²) in [6, 6.07) is 8.94. The molecule has 2 aromatic carbocycles. The largest absolute Gasteiger partial charge is 0.358 e. The number of hydrogen-bond acceptors (Lipinski definition) is 5. The van der Waals surface area contributed by atoms with Crippen molar-refractivity contribution in [3.8, 4) is 0 Å². The van der Waals surface area contributed by atoms with E-state index in [-0.39, 0.29) is 11.4 Å². The van der Waals surface area contributed by atoms with E-state index in [2.05, 4.69) is 14.6 Å². The third-order valence-corrected chi connectivity index (χ3v) is 9.87. The molecule has 0 bridgehead atoms. The molecule has 1 aliphatic rings. The molecule has 0 unspecified atom stereocenters. The van der Waals surface area contributed by atoms with Gasteiger partial charge >= 0.3 is 10.2 Å². The Hall–Kier alpha value is -2.02. The number of aromatic amines is 1. The zero-order valence-electron chi connectivity index (χ0n) is 19.3. The lowest BCUT2D eigenvalue weighted by atomic mass is 10.2. The van der Waals surface area contributed by atoms with Crippen LogP contribution in [0.3, 0.4) is 0 Å². The highest BCUT2D eigenvalue weighted by molar-refractivity contribution is 7.92. The van der Waals surface area contributed by atoms with Crippen LogP contribution in [0.2, 0.25) is 10.0 Å². The molecular weight excluding hydrogens is 533 g/mol. The Kier molecular flexibility index (Phi) is 7.56. The maximum absolute atomic E-state index is 13.3. The second-order valence-corrected chi connectivity index (χ2v) is 12.7. The number of nitrogens with zero attached hydrogens (tertiary/aromatic N) is 3. The lowest BCUT2D eigenvalue weighted by Crippen LogP contribution is -2.52. The first-order valence-corrected chi connectivity index (χ1v) is 14.7. The van der Waals surface area contributed by atoms with Crippen molar-refractivity contribution >= 4 is 65.7 Å². The minimum atomic E-state index is -3.97. The molecule has 0 saturated carbocycles. The minimum absolute atomic E-state index is 0.00422. The molecule has 0 atom stereocenters. The number of H-pyrrole nitrogens is 1. The third kappa shape index (κ3) is 5.25. The van der Waals surface area contributed by atoms with Gasteiger partial charge in [0.05, 0.1) is 31.8 Å². The van der Waals surface area contributed by atoms with Gasteiger partial charge in [0.2, 0.25) is 0 Å². The van der Waals surface area contributed by atoms with E-state index < -0.39 is 20.2 Å². The van der Waals surface area contributed by atoms with E-state index in [0.29, 0.717) is 64.9 Å². The topological polar surface area (TPSA) is 106 Å². The molecule has 4 rings (SSSR count). The number of fused-ring (bicyclic) bond motifs is 1. The van der Waals surface area contributed by atoms with Gasteiger partial charge in [0, 0.05) is 44.3 Å². The average molecular weight is 561 g/mol. The molecule has 0 radical (unpaired) electrons. The third-order valence-electron chi connectivity index (χ3n) is 5.91. The van der Waals surface area contributed by atoms with Crippen molar-refractivity contribution in [1.82, 2.24) is 14.2 Å². The Labute approximate surface area is 215 Å². The predicted octanol–water partition coefficient (Wildman–Crippen LogP) is 3.98. The van der Waals surface area contributed by atoms with Crippen molar-refractivity contribution in [3.63, 3.8) is 0 Å². The number of sulfonamides is 1. The van der Waals surface area contributed by atoms with Gasteiger partial charge < -0.3 is 9.88 Å². The van der Waals surface area contributed by atoms with E-state index in [1.54, 1.807) is 12.1 Å². The van der Waals surface area contributed by atoms with Gasteiger partial charge in [0.15, 0.2) is 0 Å². The summed E-state index contributed by atoms with van der Waals surface area (Å²) in [7, 11) is -5.75. The fraction of sp³-hybridized carbons (Fsp3) is 0.364. The van der Waals surface area contributed by atoms with Crippen LogP contribution in [-0.4, -0.2) is 70.8 Å². The van der Waals surface area contributed by atoms with Crippen LogP contribution in [0.1, 0.15) is 13.3 Å². The highest BCUT2D eigenvalue weighted by atomic mass is 35.5. The lowest BCUT2D eigenvalue weighted by molar-refractivity contribution is 0.222. The molecule has 1 saturated heterocycles. The monoisotopic (exact) mass is 559 g/mol. The van der Waals surface area contributed by atoms with E-state index in [4.69, 9.17) is 23.2 Å². The molecule has 9 nitrogen and oxygen atoms in total. The molecule has 35 heavy (non-hydrogen) atoms. The van der Waals surface area contributed by atoms with Crippen LogP contribution in [-0.2, 0) is 20.2 Å². The Morgan fingerprint density at radius 3 is 2.26 bits per heavy atom. The minimum Gasteiger partial charge on any atom is -0.358 e. The van der Waals surface area contributed by atoms with Crippen LogP contribution in [0, 0.1) is 0 Å². The summed E-state index contributed by atoms with van der Waals surface area (Å²) in [6.45, 7) is 4.32. The van der Waals surface area contributed by atoms with Gasteiger partial charge in [-0.3, -0.25) is 9.03 Å². The van der Waals surface area contributed by atoms with E-state index in [1.807, 2.05) is 14.0 Å². The quantitative estimate of drug-likeness (QED) is 0.434. The van der Waals surface area contributed by atoms with Gasteiger partial charge in [-0.15, -0.1) is 0 Å². The van der Waals surface area contributed by atoms with Crippen molar-refractivity contribution in [3.05, 3.63) is 52.6 Å². The number of hydrogen-bond donors (Lipinski definition) is 2. The molecule has 1 aromatic heterocycles. The number of rotatable bonds is 8. The number of anilines is 2. The van der Waals surface area contributed by atoms with Crippen LogP contribution in [0.15, 0.2) is 47.5 Å². The summed E-state index contributed by atoms with van der Waals surface area (Å²) in [5.41, 5.74) is 1.18. The van der Waals surface area contributed by atoms with Crippen LogP contribution in [0.5, 0.6) is 0 Å². The van der Waals surface area contributed by atoms with E-state index in [0.717, 1.165) is 0 Å². The Morgan fingerprint density at radius 2 is 1.63 bits per heavy atom. The molecule has 0 amide bonds. The molecule has 1 fully saturated rings. The maximum atomic E-state index is 13.3. The van der Waals surface area contributed by atoms with Crippen molar-refractivity contribution < 1.29 is 16.8 Å². The smallest absolute Gasteiger partial charge is 0.304 e. The fourth-order valence-corrected chi connectivity index (χ4v) is 7.32. The summed E-state index contributed by atoms with van der Waals surface area (Å²) >= 11 is 12.4. The molecule has 0 spiro atoms. The summed E-state index contributed by atoms with van der Waals surface area (Å²) in [6.07, 6.45) is 2.15. The Morgan fingerprint density at radius 1 is 0.971 bits per heavy atom. The molecule has 190 valence electrons. The summed E-state index contributed by atoms with van der Waals surface area (Å²) in [5.74, 6) is 0. The molecule has 13 heteroatoms. The van der Waals surface area contributed by atoms with E-state index in [9.17, 15) is 16.8 Å².